The minimum absolute atomic E-state index is 0.0320. The molecule has 0 saturated carbocycles. The lowest BCUT2D eigenvalue weighted by molar-refractivity contribution is 0.194. The highest BCUT2D eigenvalue weighted by molar-refractivity contribution is 5.74. The van der Waals surface area contributed by atoms with E-state index in [1.807, 2.05) is 18.7 Å². The van der Waals surface area contributed by atoms with Crippen molar-refractivity contribution in [2.45, 2.75) is 20.3 Å². The molecule has 128 valence electrons. The van der Waals surface area contributed by atoms with E-state index in [2.05, 4.69) is 25.3 Å². The number of aryl methyl sites for hydroxylation is 2. The van der Waals surface area contributed by atoms with E-state index in [0.717, 1.165) is 42.5 Å². The summed E-state index contributed by atoms with van der Waals surface area (Å²) in [6.45, 7) is 7.18. The summed E-state index contributed by atoms with van der Waals surface area (Å²) in [5, 5.41) is 6.89. The van der Waals surface area contributed by atoms with Crippen LogP contribution in [-0.2, 0) is 6.42 Å². The van der Waals surface area contributed by atoms with E-state index >= 15 is 0 Å². The molecule has 24 heavy (non-hydrogen) atoms. The Labute approximate surface area is 140 Å². The van der Waals surface area contributed by atoms with Crippen LogP contribution >= 0.6 is 0 Å². The fourth-order valence-electron chi connectivity index (χ4n) is 2.83. The average molecular weight is 330 g/mol. The molecule has 0 atom stereocenters. The standard InChI is InChI=1S/C16H22N6O2/c1-12-14(13(2)24-20-12)4-7-19-16(23)22-10-8-21(9-11-22)15-17-5-3-6-18-15/h3,5-6H,4,7-11H2,1-2H3,(H,19,23). The SMILES string of the molecule is Cc1noc(C)c1CCNC(=O)N1CCN(c2ncccn2)CC1. The highest BCUT2D eigenvalue weighted by atomic mass is 16.5. The van der Waals surface area contributed by atoms with Crippen LogP contribution in [0, 0.1) is 13.8 Å². The number of piperazine rings is 1. The normalized spacial score (nSPS) is 14.8. The number of urea groups is 1. The minimum Gasteiger partial charge on any atom is -0.361 e. The highest BCUT2D eigenvalue weighted by Crippen LogP contribution is 2.12. The summed E-state index contributed by atoms with van der Waals surface area (Å²) in [4.78, 5) is 24.7. The monoisotopic (exact) mass is 330 g/mol. The minimum atomic E-state index is -0.0320. The van der Waals surface area contributed by atoms with Crippen molar-refractivity contribution in [3.8, 4) is 0 Å². The van der Waals surface area contributed by atoms with Gasteiger partial charge in [0.2, 0.25) is 5.95 Å². The number of amides is 2. The number of nitrogens with one attached hydrogen (secondary N) is 1. The van der Waals surface area contributed by atoms with Gasteiger partial charge in [-0.2, -0.15) is 0 Å². The third-order valence-electron chi connectivity index (χ3n) is 4.23. The molecule has 8 nitrogen and oxygen atoms in total. The summed E-state index contributed by atoms with van der Waals surface area (Å²) >= 11 is 0. The lowest BCUT2D eigenvalue weighted by atomic mass is 10.1. The first-order chi connectivity index (χ1) is 11.6. The first-order valence-corrected chi connectivity index (χ1v) is 8.11. The van der Waals surface area contributed by atoms with Gasteiger partial charge in [0.1, 0.15) is 5.76 Å². The summed E-state index contributed by atoms with van der Waals surface area (Å²) in [6.07, 6.45) is 4.19. The molecule has 1 saturated heterocycles. The van der Waals surface area contributed by atoms with E-state index in [4.69, 9.17) is 4.52 Å². The van der Waals surface area contributed by atoms with Crippen molar-refractivity contribution in [3.05, 3.63) is 35.5 Å². The number of anilines is 1. The van der Waals surface area contributed by atoms with Crippen molar-refractivity contribution < 1.29 is 9.32 Å². The molecule has 1 fully saturated rings. The zero-order valence-electron chi connectivity index (χ0n) is 14.0. The largest absolute Gasteiger partial charge is 0.361 e. The smallest absolute Gasteiger partial charge is 0.317 e. The molecule has 1 N–H and O–H groups in total. The molecule has 0 aromatic carbocycles. The first-order valence-electron chi connectivity index (χ1n) is 8.11. The second kappa shape index (κ2) is 7.29. The fourth-order valence-corrected chi connectivity index (χ4v) is 2.83. The average Bonchev–Trinajstić information content (AvgIpc) is 2.94. The molecule has 0 aliphatic carbocycles. The number of hydrogen-bond acceptors (Lipinski definition) is 6. The predicted octanol–water partition coefficient (Wildman–Crippen LogP) is 1.16. The Hall–Kier alpha value is -2.64. The third-order valence-corrected chi connectivity index (χ3v) is 4.23. The van der Waals surface area contributed by atoms with Crippen LogP contribution in [-0.4, -0.2) is 58.8 Å². The van der Waals surface area contributed by atoms with Crippen molar-refractivity contribution in [2.75, 3.05) is 37.6 Å². The number of carbonyl (C=O) groups is 1. The Bertz CT molecular complexity index is 660. The van der Waals surface area contributed by atoms with E-state index in [9.17, 15) is 4.79 Å². The maximum Gasteiger partial charge on any atom is 0.317 e. The molecule has 0 spiro atoms. The molecule has 3 rings (SSSR count). The molecule has 3 heterocycles. The third kappa shape index (κ3) is 3.64. The molecule has 2 amide bonds. The molecular weight excluding hydrogens is 308 g/mol. The summed E-state index contributed by atoms with van der Waals surface area (Å²) in [5.41, 5.74) is 1.96. The van der Waals surface area contributed by atoms with E-state index in [1.54, 1.807) is 18.5 Å². The molecular formula is C16H22N6O2. The van der Waals surface area contributed by atoms with Crippen molar-refractivity contribution >= 4 is 12.0 Å². The van der Waals surface area contributed by atoms with Gasteiger partial charge in [-0.05, 0) is 26.3 Å². The summed E-state index contributed by atoms with van der Waals surface area (Å²) in [7, 11) is 0. The lowest BCUT2D eigenvalue weighted by Crippen LogP contribution is -2.52. The topological polar surface area (TPSA) is 87.4 Å². The lowest BCUT2D eigenvalue weighted by Gasteiger charge is -2.34. The zero-order valence-corrected chi connectivity index (χ0v) is 14.0. The molecule has 0 bridgehead atoms. The Kier molecular flexibility index (Phi) is 4.93. The number of aromatic nitrogens is 3. The summed E-state index contributed by atoms with van der Waals surface area (Å²) < 4.78 is 5.13. The molecule has 1 aliphatic rings. The summed E-state index contributed by atoms with van der Waals surface area (Å²) in [5.74, 6) is 1.54. The molecule has 0 radical (unpaired) electrons. The van der Waals surface area contributed by atoms with Gasteiger partial charge in [-0.3, -0.25) is 0 Å². The van der Waals surface area contributed by atoms with Crippen LogP contribution in [0.4, 0.5) is 10.7 Å². The van der Waals surface area contributed by atoms with Crippen LogP contribution in [0.1, 0.15) is 17.0 Å². The zero-order chi connectivity index (χ0) is 16.9. The van der Waals surface area contributed by atoms with E-state index in [-0.39, 0.29) is 6.03 Å². The number of hydrogen-bond donors (Lipinski definition) is 1. The van der Waals surface area contributed by atoms with Crippen molar-refractivity contribution in [2.24, 2.45) is 0 Å². The van der Waals surface area contributed by atoms with E-state index < -0.39 is 0 Å². The first kappa shape index (κ1) is 16.2. The van der Waals surface area contributed by atoms with Crippen LogP contribution < -0.4 is 10.2 Å². The van der Waals surface area contributed by atoms with Crippen LogP contribution in [0.2, 0.25) is 0 Å². The molecule has 2 aromatic heterocycles. The second-order valence-electron chi connectivity index (χ2n) is 5.81. The maximum atomic E-state index is 12.3. The molecule has 1 aliphatic heterocycles. The van der Waals surface area contributed by atoms with Gasteiger partial charge in [0.15, 0.2) is 0 Å². The highest BCUT2D eigenvalue weighted by Gasteiger charge is 2.22. The predicted molar refractivity (Wildman–Crippen MR) is 88.9 cm³/mol. The Morgan fingerprint density at radius 1 is 1.21 bits per heavy atom. The van der Waals surface area contributed by atoms with Gasteiger partial charge in [-0.1, -0.05) is 5.16 Å². The Morgan fingerprint density at radius 2 is 1.92 bits per heavy atom. The van der Waals surface area contributed by atoms with Gasteiger partial charge in [-0.25, -0.2) is 14.8 Å². The Balaban J connectivity index is 1.44. The Morgan fingerprint density at radius 3 is 2.54 bits per heavy atom. The van der Waals surface area contributed by atoms with Crippen molar-refractivity contribution in [3.63, 3.8) is 0 Å². The van der Waals surface area contributed by atoms with Crippen LogP contribution in [0.3, 0.4) is 0 Å². The number of nitrogens with zero attached hydrogens (tertiary/aromatic N) is 5. The second-order valence-corrected chi connectivity index (χ2v) is 5.81. The number of carbonyl (C=O) groups excluding carboxylic acids is 1. The van der Waals surface area contributed by atoms with Gasteiger partial charge < -0.3 is 19.6 Å². The van der Waals surface area contributed by atoms with E-state index in [1.165, 1.54) is 0 Å². The van der Waals surface area contributed by atoms with Gasteiger partial charge in [0, 0.05) is 50.7 Å². The van der Waals surface area contributed by atoms with Crippen LogP contribution in [0.5, 0.6) is 0 Å². The van der Waals surface area contributed by atoms with Crippen molar-refractivity contribution in [1.82, 2.24) is 25.3 Å². The molecule has 8 heteroatoms. The quantitative estimate of drug-likeness (QED) is 0.905. The van der Waals surface area contributed by atoms with Crippen LogP contribution in [0.25, 0.3) is 0 Å². The summed E-state index contributed by atoms with van der Waals surface area (Å²) in [6, 6.07) is 1.77. The molecule has 2 aromatic rings. The maximum absolute atomic E-state index is 12.3. The van der Waals surface area contributed by atoms with Gasteiger partial charge in [0.05, 0.1) is 5.69 Å². The van der Waals surface area contributed by atoms with Crippen molar-refractivity contribution in [1.29, 1.82) is 0 Å². The van der Waals surface area contributed by atoms with Gasteiger partial charge >= 0.3 is 6.03 Å². The van der Waals surface area contributed by atoms with Gasteiger partial charge in [-0.15, -0.1) is 0 Å². The fraction of sp³-hybridized carbons (Fsp3) is 0.500. The number of rotatable bonds is 4. The molecule has 0 unspecified atom stereocenters. The van der Waals surface area contributed by atoms with Gasteiger partial charge in [0.25, 0.3) is 0 Å². The van der Waals surface area contributed by atoms with E-state index in [0.29, 0.717) is 19.6 Å². The van der Waals surface area contributed by atoms with Crippen LogP contribution in [0.15, 0.2) is 23.0 Å².